The molecule has 0 aliphatic heterocycles. The van der Waals surface area contributed by atoms with Crippen LogP contribution in [0, 0.1) is 5.92 Å². The van der Waals surface area contributed by atoms with Gasteiger partial charge in [-0.1, -0.05) is 63.7 Å². The third-order valence-corrected chi connectivity index (χ3v) is 6.27. The smallest absolute Gasteiger partial charge is 0.0737 e. The first-order chi connectivity index (χ1) is 4.63. The molecule has 0 radical (unpaired) electrons. The molecule has 0 spiro atoms. The van der Waals surface area contributed by atoms with Gasteiger partial charge in [0.2, 0.25) is 0 Å². The highest BCUT2D eigenvalue weighted by Gasteiger charge is 2.35. The van der Waals surface area contributed by atoms with Crippen LogP contribution in [0.15, 0.2) is 0 Å². The first kappa shape index (κ1) is 10.0. The molecule has 0 bridgehead atoms. The molecule has 1 aliphatic carbocycles. The predicted octanol–water partition coefficient (Wildman–Crippen LogP) is 4.04. The fraction of sp³-hybridized carbons (Fsp3) is 1.00. The van der Waals surface area contributed by atoms with E-state index in [0.717, 1.165) is 0 Å². The highest BCUT2D eigenvalue weighted by molar-refractivity contribution is 9.24. The van der Waals surface area contributed by atoms with Crippen LogP contribution in [-0.2, 0) is 0 Å². The standard InChI is InChI=1S/C6H8Br4/c7-4-2-1-3(5(4)8)6(9)10/h3-6H,1-2H2. The summed E-state index contributed by atoms with van der Waals surface area (Å²) in [6.07, 6.45) is 2.56. The normalized spacial score (nSPS) is 41.1. The first-order valence-corrected chi connectivity index (χ1v) is 6.85. The largest absolute Gasteiger partial charge is 0.0878 e. The Morgan fingerprint density at radius 1 is 1.10 bits per heavy atom. The van der Waals surface area contributed by atoms with Crippen molar-refractivity contribution in [2.24, 2.45) is 5.92 Å². The van der Waals surface area contributed by atoms with Crippen molar-refractivity contribution in [1.82, 2.24) is 0 Å². The molecule has 0 amide bonds. The molecule has 1 saturated carbocycles. The second kappa shape index (κ2) is 4.24. The van der Waals surface area contributed by atoms with Gasteiger partial charge in [-0.25, -0.2) is 0 Å². The second-order valence-electron chi connectivity index (χ2n) is 2.54. The van der Waals surface area contributed by atoms with Crippen LogP contribution < -0.4 is 0 Å². The van der Waals surface area contributed by atoms with Crippen LogP contribution in [0.4, 0.5) is 0 Å². The monoisotopic (exact) mass is 396 g/mol. The van der Waals surface area contributed by atoms with E-state index < -0.39 is 0 Å². The number of hydrogen-bond acceptors (Lipinski definition) is 0. The summed E-state index contributed by atoms with van der Waals surface area (Å²) in [6, 6.07) is 0. The average Bonchev–Trinajstić information content (AvgIpc) is 2.14. The van der Waals surface area contributed by atoms with Gasteiger partial charge >= 0.3 is 0 Å². The molecule has 0 aromatic heterocycles. The summed E-state index contributed by atoms with van der Waals surface area (Å²) < 4.78 is 0.451. The van der Waals surface area contributed by atoms with Gasteiger partial charge in [0.05, 0.1) is 3.74 Å². The van der Waals surface area contributed by atoms with Gasteiger partial charge in [0.15, 0.2) is 0 Å². The quantitative estimate of drug-likeness (QED) is 0.584. The van der Waals surface area contributed by atoms with Crippen molar-refractivity contribution in [3.05, 3.63) is 0 Å². The fourth-order valence-corrected chi connectivity index (χ4v) is 4.70. The molecule has 4 heteroatoms. The molecule has 3 unspecified atom stereocenters. The van der Waals surface area contributed by atoms with Crippen LogP contribution in [0.25, 0.3) is 0 Å². The van der Waals surface area contributed by atoms with Crippen LogP contribution in [0.5, 0.6) is 0 Å². The van der Waals surface area contributed by atoms with Crippen molar-refractivity contribution in [2.75, 3.05) is 0 Å². The molecule has 0 heterocycles. The van der Waals surface area contributed by atoms with E-state index in [4.69, 9.17) is 0 Å². The summed E-state index contributed by atoms with van der Waals surface area (Å²) in [7, 11) is 0. The minimum absolute atomic E-state index is 0.451. The van der Waals surface area contributed by atoms with E-state index in [1.165, 1.54) is 12.8 Å². The molecule has 0 N–H and O–H groups in total. The molecule has 0 nitrogen and oxygen atoms in total. The molecular formula is C6H8Br4. The Kier molecular flexibility index (Phi) is 4.24. The Labute approximate surface area is 95.0 Å². The lowest BCUT2D eigenvalue weighted by molar-refractivity contribution is 0.630. The Bertz CT molecular complexity index is 114. The summed E-state index contributed by atoms with van der Waals surface area (Å²) in [5, 5.41) is 0. The SMILES string of the molecule is BrC(Br)C1CCC(Br)C1Br. The van der Waals surface area contributed by atoms with Gasteiger partial charge in [0.1, 0.15) is 0 Å². The van der Waals surface area contributed by atoms with Crippen molar-refractivity contribution < 1.29 is 0 Å². The van der Waals surface area contributed by atoms with E-state index in [0.29, 0.717) is 19.3 Å². The van der Waals surface area contributed by atoms with Crippen LogP contribution in [0.2, 0.25) is 0 Å². The first-order valence-electron chi connectivity index (χ1n) is 3.19. The lowest BCUT2D eigenvalue weighted by atomic mass is 10.1. The zero-order valence-corrected chi connectivity index (χ0v) is 11.6. The Balaban J connectivity index is 2.49. The molecule has 1 aliphatic rings. The van der Waals surface area contributed by atoms with Gasteiger partial charge in [0.25, 0.3) is 0 Å². The zero-order valence-electron chi connectivity index (χ0n) is 5.24. The van der Waals surface area contributed by atoms with Crippen molar-refractivity contribution in [2.45, 2.75) is 26.2 Å². The third-order valence-electron chi connectivity index (χ3n) is 1.85. The number of rotatable bonds is 1. The van der Waals surface area contributed by atoms with Crippen LogP contribution in [-0.4, -0.2) is 13.4 Å². The average molecular weight is 400 g/mol. The van der Waals surface area contributed by atoms with E-state index in [1.54, 1.807) is 0 Å². The minimum Gasteiger partial charge on any atom is -0.0878 e. The lowest BCUT2D eigenvalue weighted by Crippen LogP contribution is -2.18. The van der Waals surface area contributed by atoms with Gasteiger partial charge in [-0.2, -0.15) is 0 Å². The maximum atomic E-state index is 3.66. The summed E-state index contributed by atoms with van der Waals surface area (Å²) in [5.41, 5.74) is 0. The van der Waals surface area contributed by atoms with Gasteiger partial charge in [-0.15, -0.1) is 0 Å². The maximum Gasteiger partial charge on any atom is 0.0737 e. The Morgan fingerprint density at radius 2 is 1.70 bits per heavy atom. The third kappa shape index (κ3) is 2.20. The maximum absolute atomic E-state index is 3.66. The summed E-state index contributed by atoms with van der Waals surface area (Å²) in [5.74, 6) is 0.712. The van der Waals surface area contributed by atoms with Crippen LogP contribution in [0.1, 0.15) is 12.8 Å². The number of hydrogen-bond donors (Lipinski definition) is 0. The molecule has 0 aromatic rings. The fourth-order valence-electron chi connectivity index (χ4n) is 1.20. The van der Waals surface area contributed by atoms with Gasteiger partial charge in [0, 0.05) is 9.65 Å². The van der Waals surface area contributed by atoms with E-state index in [2.05, 4.69) is 63.7 Å². The highest BCUT2D eigenvalue weighted by atomic mass is 79.9. The lowest BCUT2D eigenvalue weighted by Gasteiger charge is -2.16. The van der Waals surface area contributed by atoms with Crippen molar-refractivity contribution in [3.8, 4) is 0 Å². The van der Waals surface area contributed by atoms with Crippen molar-refractivity contribution in [1.29, 1.82) is 0 Å². The summed E-state index contributed by atoms with van der Waals surface area (Å²) >= 11 is 14.4. The Hall–Kier alpha value is 1.92. The Morgan fingerprint density at radius 3 is 1.90 bits per heavy atom. The minimum atomic E-state index is 0.451. The van der Waals surface area contributed by atoms with Gasteiger partial charge in [-0.3, -0.25) is 0 Å². The number of halogens is 4. The molecule has 1 fully saturated rings. The van der Waals surface area contributed by atoms with Crippen molar-refractivity contribution >= 4 is 63.7 Å². The summed E-state index contributed by atoms with van der Waals surface area (Å²) in [6.45, 7) is 0. The molecule has 0 saturated heterocycles. The molecule has 10 heavy (non-hydrogen) atoms. The second-order valence-corrected chi connectivity index (χ2v) is 7.97. The molecule has 60 valence electrons. The predicted molar refractivity (Wildman–Crippen MR) is 59.8 cm³/mol. The topological polar surface area (TPSA) is 0 Å². The highest BCUT2D eigenvalue weighted by Crippen LogP contribution is 2.42. The molecular weight excluding hydrogens is 392 g/mol. The van der Waals surface area contributed by atoms with E-state index in [-0.39, 0.29) is 0 Å². The van der Waals surface area contributed by atoms with Crippen LogP contribution in [0.3, 0.4) is 0 Å². The van der Waals surface area contributed by atoms with Crippen LogP contribution >= 0.6 is 63.7 Å². The molecule has 3 atom stereocenters. The van der Waals surface area contributed by atoms with Gasteiger partial charge < -0.3 is 0 Å². The number of alkyl halides is 4. The van der Waals surface area contributed by atoms with E-state index in [9.17, 15) is 0 Å². The van der Waals surface area contributed by atoms with E-state index in [1.807, 2.05) is 0 Å². The zero-order chi connectivity index (χ0) is 7.72. The van der Waals surface area contributed by atoms with Gasteiger partial charge in [-0.05, 0) is 18.8 Å². The van der Waals surface area contributed by atoms with Crippen molar-refractivity contribution in [3.63, 3.8) is 0 Å². The molecule has 1 rings (SSSR count). The molecule has 0 aromatic carbocycles. The van der Waals surface area contributed by atoms with E-state index >= 15 is 0 Å². The summed E-state index contributed by atoms with van der Waals surface area (Å²) in [4.78, 5) is 1.26.